The SMILES string of the molecule is CN(C)CC(CNc1ncc([N+](=O)[O-])s1)c1ccccc1. The van der Waals surface area contributed by atoms with Gasteiger partial charge in [0.15, 0.2) is 5.13 Å². The van der Waals surface area contributed by atoms with E-state index in [1.54, 1.807) is 0 Å². The van der Waals surface area contributed by atoms with Crippen molar-refractivity contribution < 1.29 is 4.92 Å². The standard InChI is InChI=1S/C14H18N4O2S/c1-17(2)10-12(11-6-4-3-5-7-11)8-15-14-16-9-13(21-14)18(19)20/h3-7,9,12H,8,10H2,1-2H3,(H,15,16). The van der Waals surface area contributed by atoms with Crippen LogP contribution in [0.1, 0.15) is 11.5 Å². The molecule has 1 N–H and O–H groups in total. The molecule has 2 aromatic rings. The van der Waals surface area contributed by atoms with Gasteiger partial charge in [0.2, 0.25) is 0 Å². The number of hydrogen-bond acceptors (Lipinski definition) is 6. The van der Waals surface area contributed by atoms with Crippen LogP contribution in [0.25, 0.3) is 0 Å². The van der Waals surface area contributed by atoms with Crippen molar-refractivity contribution in [3.05, 3.63) is 52.2 Å². The molecule has 21 heavy (non-hydrogen) atoms. The summed E-state index contributed by atoms with van der Waals surface area (Å²) < 4.78 is 0. The fourth-order valence-electron chi connectivity index (χ4n) is 2.10. The summed E-state index contributed by atoms with van der Waals surface area (Å²) in [5, 5.41) is 14.5. The predicted octanol–water partition coefficient (Wildman–Crippen LogP) is 2.81. The molecular formula is C14H18N4O2S. The molecule has 1 aromatic carbocycles. The molecule has 0 fully saturated rings. The zero-order valence-corrected chi connectivity index (χ0v) is 12.8. The Balaban J connectivity index is 2.03. The number of nitro groups is 1. The molecule has 0 radical (unpaired) electrons. The van der Waals surface area contributed by atoms with Gasteiger partial charge in [0.05, 0.1) is 4.92 Å². The molecule has 0 amide bonds. The maximum Gasteiger partial charge on any atom is 0.345 e. The molecule has 0 saturated heterocycles. The van der Waals surface area contributed by atoms with Crippen LogP contribution in [0.4, 0.5) is 10.1 Å². The Kier molecular flexibility index (Phi) is 5.24. The molecule has 0 saturated carbocycles. The fraction of sp³-hybridized carbons (Fsp3) is 0.357. The van der Waals surface area contributed by atoms with Crippen molar-refractivity contribution in [2.75, 3.05) is 32.5 Å². The minimum absolute atomic E-state index is 0.0568. The van der Waals surface area contributed by atoms with Crippen LogP contribution >= 0.6 is 11.3 Å². The largest absolute Gasteiger partial charge is 0.361 e. The van der Waals surface area contributed by atoms with Crippen LogP contribution in [0.3, 0.4) is 0 Å². The van der Waals surface area contributed by atoms with Gasteiger partial charge >= 0.3 is 5.00 Å². The Bertz CT molecular complexity index is 586. The molecule has 6 nitrogen and oxygen atoms in total. The highest BCUT2D eigenvalue weighted by Crippen LogP contribution is 2.26. The Labute approximate surface area is 127 Å². The van der Waals surface area contributed by atoms with Crippen LogP contribution in [0.5, 0.6) is 0 Å². The first kappa shape index (κ1) is 15.4. The summed E-state index contributed by atoms with van der Waals surface area (Å²) in [6, 6.07) is 10.2. The van der Waals surface area contributed by atoms with Crippen LogP contribution in [-0.4, -0.2) is 42.0 Å². The summed E-state index contributed by atoms with van der Waals surface area (Å²) in [6.07, 6.45) is 1.29. The Morgan fingerprint density at radius 1 is 1.38 bits per heavy atom. The summed E-state index contributed by atoms with van der Waals surface area (Å²) in [6.45, 7) is 1.58. The van der Waals surface area contributed by atoms with Gasteiger partial charge in [0.25, 0.3) is 0 Å². The predicted molar refractivity (Wildman–Crippen MR) is 85.0 cm³/mol. The molecule has 7 heteroatoms. The topological polar surface area (TPSA) is 71.3 Å². The molecule has 0 spiro atoms. The van der Waals surface area contributed by atoms with Crippen molar-refractivity contribution in [1.82, 2.24) is 9.88 Å². The molecule has 1 unspecified atom stereocenters. The molecule has 1 aromatic heterocycles. The molecule has 1 atom stereocenters. The molecule has 2 rings (SSSR count). The van der Waals surface area contributed by atoms with Crippen LogP contribution in [-0.2, 0) is 0 Å². The quantitative estimate of drug-likeness (QED) is 0.629. The molecule has 1 heterocycles. The summed E-state index contributed by atoms with van der Waals surface area (Å²) in [5.74, 6) is 0.296. The third-order valence-corrected chi connectivity index (χ3v) is 3.94. The van der Waals surface area contributed by atoms with E-state index in [1.165, 1.54) is 11.8 Å². The maximum absolute atomic E-state index is 10.7. The van der Waals surface area contributed by atoms with E-state index >= 15 is 0 Å². The molecule has 0 bridgehead atoms. The average Bonchev–Trinajstić information content (AvgIpc) is 2.93. The number of nitrogens with one attached hydrogen (secondary N) is 1. The van der Waals surface area contributed by atoms with E-state index in [1.807, 2.05) is 32.3 Å². The van der Waals surface area contributed by atoms with Crippen LogP contribution in [0.15, 0.2) is 36.5 Å². The van der Waals surface area contributed by atoms with Crippen LogP contribution < -0.4 is 5.32 Å². The molecule has 0 aliphatic rings. The fourth-order valence-corrected chi connectivity index (χ4v) is 2.73. The second-order valence-electron chi connectivity index (χ2n) is 5.01. The monoisotopic (exact) mass is 306 g/mol. The minimum atomic E-state index is -0.419. The van der Waals surface area contributed by atoms with Crippen molar-refractivity contribution in [2.24, 2.45) is 0 Å². The minimum Gasteiger partial charge on any atom is -0.361 e. The smallest absolute Gasteiger partial charge is 0.345 e. The normalized spacial score (nSPS) is 12.3. The summed E-state index contributed by atoms with van der Waals surface area (Å²) in [7, 11) is 4.06. The van der Waals surface area contributed by atoms with E-state index in [9.17, 15) is 10.1 Å². The molecule has 0 aliphatic carbocycles. The van der Waals surface area contributed by atoms with Gasteiger partial charge in [-0.15, -0.1) is 0 Å². The van der Waals surface area contributed by atoms with Crippen molar-refractivity contribution in [3.63, 3.8) is 0 Å². The third-order valence-electron chi connectivity index (χ3n) is 3.03. The summed E-state index contributed by atoms with van der Waals surface area (Å²) in [5.41, 5.74) is 1.24. The number of nitrogens with zero attached hydrogens (tertiary/aromatic N) is 3. The van der Waals surface area contributed by atoms with Crippen molar-refractivity contribution in [1.29, 1.82) is 0 Å². The molecule has 0 aliphatic heterocycles. The van der Waals surface area contributed by atoms with E-state index in [0.29, 0.717) is 17.6 Å². The zero-order valence-electron chi connectivity index (χ0n) is 12.0. The summed E-state index contributed by atoms with van der Waals surface area (Å²) in [4.78, 5) is 16.4. The lowest BCUT2D eigenvalue weighted by Gasteiger charge is -2.21. The lowest BCUT2D eigenvalue weighted by molar-refractivity contribution is -0.380. The molecular weight excluding hydrogens is 288 g/mol. The van der Waals surface area contributed by atoms with Gasteiger partial charge in [-0.25, -0.2) is 4.98 Å². The van der Waals surface area contributed by atoms with Gasteiger partial charge in [0.1, 0.15) is 6.20 Å². The van der Waals surface area contributed by atoms with Gasteiger partial charge in [-0.2, -0.15) is 0 Å². The van der Waals surface area contributed by atoms with Gasteiger partial charge in [-0.3, -0.25) is 10.1 Å². The highest BCUT2D eigenvalue weighted by molar-refractivity contribution is 7.18. The first-order valence-electron chi connectivity index (χ1n) is 6.60. The summed E-state index contributed by atoms with van der Waals surface area (Å²) >= 11 is 1.06. The number of hydrogen-bond donors (Lipinski definition) is 1. The third kappa shape index (κ3) is 4.51. The maximum atomic E-state index is 10.7. The second kappa shape index (κ2) is 7.14. The van der Waals surface area contributed by atoms with Crippen molar-refractivity contribution >= 4 is 21.5 Å². The van der Waals surface area contributed by atoms with E-state index in [-0.39, 0.29) is 5.00 Å². The van der Waals surface area contributed by atoms with E-state index in [0.717, 1.165) is 17.9 Å². The number of aromatic nitrogens is 1. The van der Waals surface area contributed by atoms with Crippen molar-refractivity contribution in [3.8, 4) is 0 Å². The number of rotatable bonds is 7. The van der Waals surface area contributed by atoms with Crippen LogP contribution in [0.2, 0.25) is 0 Å². The zero-order chi connectivity index (χ0) is 15.2. The highest BCUT2D eigenvalue weighted by atomic mass is 32.1. The lowest BCUT2D eigenvalue weighted by Crippen LogP contribution is -2.25. The van der Waals surface area contributed by atoms with Crippen LogP contribution in [0, 0.1) is 10.1 Å². The Hall–Kier alpha value is -1.99. The Morgan fingerprint density at radius 2 is 2.10 bits per heavy atom. The van der Waals surface area contributed by atoms with Gasteiger partial charge < -0.3 is 10.2 Å². The van der Waals surface area contributed by atoms with Crippen molar-refractivity contribution in [2.45, 2.75) is 5.92 Å². The molecule has 112 valence electrons. The second-order valence-corrected chi connectivity index (χ2v) is 6.02. The van der Waals surface area contributed by atoms with Gasteiger partial charge in [-0.1, -0.05) is 30.3 Å². The lowest BCUT2D eigenvalue weighted by atomic mass is 9.99. The first-order chi connectivity index (χ1) is 10.1. The Morgan fingerprint density at radius 3 is 2.67 bits per heavy atom. The number of thiazole rings is 1. The van der Waals surface area contributed by atoms with E-state index in [4.69, 9.17) is 0 Å². The van der Waals surface area contributed by atoms with Gasteiger partial charge in [-0.05, 0) is 31.0 Å². The number of likely N-dealkylation sites (N-methyl/N-ethyl adjacent to an activating group) is 1. The van der Waals surface area contributed by atoms with E-state index in [2.05, 4.69) is 27.3 Å². The highest BCUT2D eigenvalue weighted by Gasteiger charge is 2.15. The average molecular weight is 306 g/mol. The van der Waals surface area contributed by atoms with Gasteiger partial charge in [0, 0.05) is 19.0 Å². The number of anilines is 1. The first-order valence-corrected chi connectivity index (χ1v) is 7.41. The van der Waals surface area contributed by atoms with E-state index < -0.39 is 4.92 Å². The number of benzene rings is 1.